The molecule has 6 rings (SSSR count). The lowest BCUT2D eigenvalue weighted by Crippen LogP contribution is -2.62. The molecular formula is C40H62N6O7S. The summed E-state index contributed by atoms with van der Waals surface area (Å²) in [4.78, 5) is 38.1. The summed E-state index contributed by atoms with van der Waals surface area (Å²) in [5, 5.41) is 18.9. The Balaban J connectivity index is 1.46. The number of hydrogen-bond donors (Lipinski definition) is 4. The first-order valence-corrected chi connectivity index (χ1v) is 21.1. The highest BCUT2D eigenvalue weighted by molar-refractivity contribution is 7.90. The SMILES string of the molecule is COc1c(CN2O[C@@H](CN)[C@@H]([C@H](C)O)[C@H]2C(=O)NC2C[C@H]3C[C@@H]([C@@H]2C)C3(C)C)cccc1-c1cc(C(=O)N[C@H](CN(C)C)CS(C)(=O)=O)cc(N(C)C)c1. The van der Waals surface area contributed by atoms with Crippen LogP contribution in [0.25, 0.3) is 11.1 Å². The number of carbonyl (C=O) groups excluding carboxylic acids is 2. The Bertz CT molecular complexity index is 1780. The van der Waals surface area contributed by atoms with E-state index >= 15 is 0 Å². The minimum Gasteiger partial charge on any atom is -0.496 e. The number of para-hydroxylation sites is 1. The molecule has 1 unspecified atom stereocenters. The lowest BCUT2D eigenvalue weighted by Gasteiger charge is -2.62. The van der Waals surface area contributed by atoms with Gasteiger partial charge in [-0.05, 0) is 80.8 Å². The van der Waals surface area contributed by atoms with E-state index in [2.05, 4.69) is 31.4 Å². The van der Waals surface area contributed by atoms with Crippen molar-refractivity contribution in [3.63, 3.8) is 0 Å². The summed E-state index contributed by atoms with van der Waals surface area (Å²) in [6.07, 6.45) is 1.87. The number of nitrogens with one attached hydrogen (secondary N) is 2. The van der Waals surface area contributed by atoms with Crippen molar-refractivity contribution in [3.05, 3.63) is 47.5 Å². The lowest BCUT2D eigenvalue weighted by atomic mass is 9.45. The van der Waals surface area contributed by atoms with Gasteiger partial charge in [-0.25, -0.2) is 8.42 Å². The van der Waals surface area contributed by atoms with Crippen molar-refractivity contribution in [1.82, 2.24) is 20.6 Å². The van der Waals surface area contributed by atoms with Gasteiger partial charge in [-0.3, -0.25) is 14.4 Å². The number of likely N-dealkylation sites (N-methyl/N-ethyl adjacent to an activating group) is 1. The van der Waals surface area contributed by atoms with Gasteiger partial charge in [0.15, 0.2) is 0 Å². The molecule has 300 valence electrons. The highest BCUT2D eigenvalue weighted by atomic mass is 32.2. The van der Waals surface area contributed by atoms with Crippen LogP contribution in [0.4, 0.5) is 5.69 Å². The third kappa shape index (κ3) is 8.89. The smallest absolute Gasteiger partial charge is 0.251 e. The Hall–Kier alpha value is -3.27. The van der Waals surface area contributed by atoms with Crippen LogP contribution in [0.1, 0.15) is 56.5 Å². The lowest BCUT2D eigenvalue weighted by molar-refractivity contribution is -0.175. The second-order valence-electron chi connectivity index (χ2n) is 17.0. The van der Waals surface area contributed by atoms with Crippen LogP contribution in [0.3, 0.4) is 0 Å². The number of sulfone groups is 1. The number of rotatable bonds is 15. The molecule has 13 nitrogen and oxygen atoms in total. The summed E-state index contributed by atoms with van der Waals surface area (Å²) in [7, 11) is 5.64. The Labute approximate surface area is 321 Å². The van der Waals surface area contributed by atoms with Crippen molar-refractivity contribution in [2.75, 3.05) is 65.3 Å². The van der Waals surface area contributed by atoms with Crippen molar-refractivity contribution in [2.24, 2.45) is 34.8 Å². The molecule has 2 bridgehead atoms. The number of anilines is 1. The number of hydrogen-bond acceptors (Lipinski definition) is 11. The third-order valence-electron chi connectivity index (χ3n) is 12.2. The summed E-state index contributed by atoms with van der Waals surface area (Å²) in [5.74, 6) is 0.684. The zero-order valence-corrected chi connectivity index (χ0v) is 34.4. The van der Waals surface area contributed by atoms with Gasteiger partial charge in [-0.15, -0.1) is 0 Å². The number of carbonyl (C=O) groups is 2. The number of nitrogens with zero attached hydrogens (tertiary/aromatic N) is 3. The highest BCUT2D eigenvalue weighted by Crippen LogP contribution is 2.61. The molecule has 2 aromatic carbocycles. The van der Waals surface area contributed by atoms with Crippen molar-refractivity contribution in [1.29, 1.82) is 0 Å². The molecule has 1 saturated heterocycles. The molecule has 54 heavy (non-hydrogen) atoms. The van der Waals surface area contributed by atoms with Crippen LogP contribution in [0, 0.1) is 29.1 Å². The van der Waals surface area contributed by atoms with Crippen molar-refractivity contribution in [2.45, 2.75) is 77.4 Å². The largest absolute Gasteiger partial charge is 0.496 e. The Morgan fingerprint density at radius 1 is 1.15 bits per heavy atom. The molecule has 2 aromatic rings. The number of fused-ring (bicyclic) bond motifs is 2. The first-order valence-electron chi connectivity index (χ1n) is 19.0. The van der Waals surface area contributed by atoms with Crippen LogP contribution < -0.4 is 26.0 Å². The van der Waals surface area contributed by atoms with Crippen LogP contribution in [-0.4, -0.2) is 126 Å². The van der Waals surface area contributed by atoms with Gasteiger partial charge in [-0.1, -0.05) is 39.0 Å². The van der Waals surface area contributed by atoms with Gasteiger partial charge >= 0.3 is 0 Å². The minimum absolute atomic E-state index is 0.0421. The third-order valence-corrected chi connectivity index (χ3v) is 13.2. The van der Waals surface area contributed by atoms with Crippen LogP contribution in [0.15, 0.2) is 36.4 Å². The van der Waals surface area contributed by atoms with E-state index in [1.807, 2.05) is 62.3 Å². The van der Waals surface area contributed by atoms with E-state index in [1.165, 1.54) is 6.42 Å². The number of aliphatic hydroxyl groups is 1. The molecule has 9 atom stereocenters. The van der Waals surface area contributed by atoms with Crippen LogP contribution in [0.2, 0.25) is 0 Å². The maximum Gasteiger partial charge on any atom is 0.251 e. The maximum atomic E-state index is 14.3. The molecule has 14 heteroatoms. The number of amides is 2. The normalized spacial score (nSPS) is 27.5. The molecule has 1 aliphatic heterocycles. The number of aliphatic hydroxyl groups excluding tert-OH is 1. The molecule has 3 saturated carbocycles. The zero-order valence-electron chi connectivity index (χ0n) is 33.6. The van der Waals surface area contributed by atoms with Crippen molar-refractivity contribution < 1.29 is 32.7 Å². The standard InChI is InChI=1S/C40H62N6O7S/c1-23-32-17-28(40(32,3)4)18-33(23)43-39(49)36-35(24(2)47)34(19-41)53-46(36)20-25-12-11-13-31(37(25)52-9)26-14-27(16-30(15-26)45(7)8)38(48)42-29(21-44(5)6)22-54(10,50)51/h11-16,23-24,28-29,32-36,47H,17-22,41H2,1-10H3,(H,42,48)(H,43,49)/t23-,24-,28+,29+,32-,33?,34-,35+,36-/m0/s1. The number of ether oxygens (including phenoxy) is 1. The first-order chi connectivity index (χ1) is 25.2. The molecule has 3 aliphatic carbocycles. The molecule has 4 fully saturated rings. The van der Waals surface area contributed by atoms with E-state index in [-0.39, 0.29) is 36.2 Å². The van der Waals surface area contributed by atoms with Crippen LogP contribution in [0.5, 0.6) is 5.75 Å². The van der Waals surface area contributed by atoms with E-state index in [1.54, 1.807) is 31.2 Å². The van der Waals surface area contributed by atoms with E-state index in [0.717, 1.165) is 23.9 Å². The molecule has 0 aromatic heterocycles. The number of nitrogens with two attached hydrogens (primary N) is 1. The zero-order chi connectivity index (χ0) is 39.9. The molecule has 1 heterocycles. The second kappa shape index (κ2) is 16.4. The molecule has 0 spiro atoms. The molecule has 0 radical (unpaired) electrons. The van der Waals surface area contributed by atoms with Gasteiger partial charge in [0.1, 0.15) is 21.6 Å². The average molecular weight is 771 g/mol. The van der Waals surface area contributed by atoms with Gasteiger partial charge < -0.3 is 36.0 Å². The fourth-order valence-corrected chi connectivity index (χ4v) is 10.2. The summed E-state index contributed by atoms with van der Waals surface area (Å²) >= 11 is 0. The number of hydroxylamine groups is 2. The Morgan fingerprint density at radius 2 is 1.85 bits per heavy atom. The van der Waals surface area contributed by atoms with Crippen molar-refractivity contribution in [3.8, 4) is 16.9 Å². The maximum absolute atomic E-state index is 14.3. The Kier molecular flexibility index (Phi) is 12.8. The molecule has 2 amide bonds. The second-order valence-corrected chi connectivity index (χ2v) is 19.2. The molecule has 5 N–H and O–H groups in total. The summed E-state index contributed by atoms with van der Waals surface area (Å²) < 4.78 is 30.4. The van der Waals surface area contributed by atoms with E-state index < -0.39 is 46.0 Å². The van der Waals surface area contributed by atoms with Crippen LogP contribution >= 0.6 is 0 Å². The minimum atomic E-state index is -3.36. The Morgan fingerprint density at radius 3 is 2.41 bits per heavy atom. The van der Waals surface area contributed by atoms with Crippen molar-refractivity contribution >= 4 is 27.3 Å². The average Bonchev–Trinajstić information content (AvgIpc) is 3.46. The molecule has 4 aliphatic rings. The predicted molar refractivity (Wildman–Crippen MR) is 212 cm³/mol. The number of benzene rings is 2. The van der Waals surface area contributed by atoms with Gasteiger partial charge in [0.2, 0.25) is 5.91 Å². The summed E-state index contributed by atoms with van der Waals surface area (Å²) in [6, 6.07) is 9.84. The van der Waals surface area contributed by atoms with E-state index in [0.29, 0.717) is 46.7 Å². The predicted octanol–water partition coefficient (Wildman–Crippen LogP) is 2.76. The van der Waals surface area contributed by atoms with E-state index in [4.69, 9.17) is 15.3 Å². The van der Waals surface area contributed by atoms with Crippen LogP contribution in [-0.2, 0) is 26.0 Å². The van der Waals surface area contributed by atoms with Gasteiger partial charge in [0.05, 0.1) is 37.7 Å². The fraction of sp³-hybridized carbons (Fsp3) is 0.650. The molecular weight excluding hydrogens is 709 g/mol. The summed E-state index contributed by atoms with van der Waals surface area (Å²) in [6.45, 7) is 9.24. The number of methoxy groups -OCH3 is 1. The van der Waals surface area contributed by atoms with Gasteiger partial charge in [0.25, 0.3) is 5.91 Å². The fourth-order valence-electron chi connectivity index (χ4n) is 9.25. The quantitative estimate of drug-likeness (QED) is 0.211. The monoisotopic (exact) mass is 770 g/mol. The van der Waals surface area contributed by atoms with Gasteiger partial charge in [-0.2, -0.15) is 5.06 Å². The first kappa shape index (κ1) is 41.9. The van der Waals surface area contributed by atoms with Gasteiger partial charge in [0, 0.05) is 67.8 Å². The highest BCUT2D eigenvalue weighted by Gasteiger charge is 2.57. The summed E-state index contributed by atoms with van der Waals surface area (Å²) in [5.41, 5.74) is 9.75. The topological polar surface area (TPSA) is 167 Å². The van der Waals surface area contributed by atoms with E-state index in [9.17, 15) is 23.1 Å².